The summed E-state index contributed by atoms with van der Waals surface area (Å²) in [6.07, 6.45) is 3.90. The summed E-state index contributed by atoms with van der Waals surface area (Å²) in [5.74, 6) is 0.325. The van der Waals surface area contributed by atoms with Gasteiger partial charge in [-0.3, -0.25) is 14.7 Å². The van der Waals surface area contributed by atoms with Gasteiger partial charge in [-0.05, 0) is 49.1 Å². The topological polar surface area (TPSA) is 45.2 Å². The number of likely N-dealkylation sites (tertiary alicyclic amines) is 1. The number of nitrogens with one attached hydrogen (secondary N) is 1. The number of pyridine rings is 1. The highest BCUT2D eigenvalue weighted by atomic mass is 35.5. The Kier molecular flexibility index (Phi) is 7.20. The molecule has 1 amide bonds. The van der Waals surface area contributed by atoms with Crippen LogP contribution in [0.2, 0.25) is 10.0 Å². The summed E-state index contributed by atoms with van der Waals surface area (Å²) in [6, 6.07) is 11.5. The lowest BCUT2D eigenvalue weighted by molar-refractivity contribution is -0.130. The van der Waals surface area contributed by atoms with Crippen LogP contribution >= 0.6 is 23.2 Å². The molecule has 2 aromatic rings. The van der Waals surface area contributed by atoms with Gasteiger partial charge in [0.2, 0.25) is 5.91 Å². The second kappa shape index (κ2) is 9.46. The molecular formula is C23H29Cl2N3O. The van der Waals surface area contributed by atoms with Crippen LogP contribution in [-0.2, 0) is 11.3 Å². The van der Waals surface area contributed by atoms with Crippen LogP contribution in [0.25, 0.3) is 0 Å². The number of halogens is 2. The molecule has 1 saturated heterocycles. The van der Waals surface area contributed by atoms with E-state index >= 15 is 0 Å². The summed E-state index contributed by atoms with van der Waals surface area (Å²) in [5.41, 5.74) is 1.50. The van der Waals surface area contributed by atoms with Crippen LogP contribution in [0.5, 0.6) is 0 Å². The van der Waals surface area contributed by atoms with E-state index in [4.69, 9.17) is 23.2 Å². The average Bonchev–Trinajstić information content (AvgIpc) is 2.69. The number of aromatic nitrogens is 1. The van der Waals surface area contributed by atoms with E-state index in [0.717, 1.165) is 43.7 Å². The maximum absolute atomic E-state index is 12.8. The number of hydrogen-bond donors (Lipinski definition) is 1. The Morgan fingerprint density at radius 1 is 1.24 bits per heavy atom. The number of benzene rings is 1. The zero-order valence-corrected chi connectivity index (χ0v) is 18.8. The second-order valence-corrected chi connectivity index (χ2v) is 9.59. The SMILES string of the molecule is CC(C)(C)C(=O)N[C@H](c1ccccn1)[C@H]1CCCN(Cc2cccc(Cl)c2Cl)C1. The molecule has 2 heterocycles. The lowest BCUT2D eigenvalue weighted by atomic mass is 9.86. The molecule has 1 aliphatic heterocycles. The summed E-state index contributed by atoms with van der Waals surface area (Å²) in [5, 5.41) is 4.48. The van der Waals surface area contributed by atoms with Crippen molar-refractivity contribution in [1.82, 2.24) is 15.2 Å². The zero-order valence-electron chi connectivity index (χ0n) is 17.3. The average molecular weight is 434 g/mol. The minimum atomic E-state index is -0.449. The van der Waals surface area contributed by atoms with Crippen LogP contribution in [-0.4, -0.2) is 28.9 Å². The quantitative estimate of drug-likeness (QED) is 0.676. The zero-order chi connectivity index (χ0) is 21.0. The van der Waals surface area contributed by atoms with Crippen molar-refractivity contribution in [3.63, 3.8) is 0 Å². The summed E-state index contributed by atoms with van der Waals surface area (Å²) < 4.78 is 0. The monoisotopic (exact) mass is 433 g/mol. The molecule has 0 radical (unpaired) electrons. The van der Waals surface area contributed by atoms with E-state index in [0.29, 0.717) is 10.0 Å². The Bertz CT molecular complexity index is 836. The molecule has 0 spiro atoms. The maximum Gasteiger partial charge on any atom is 0.225 e. The van der Waals surface area contributed by atoms with Gasteiger partial charge >= 0.3 is 0 Å². The lowest BCUT2D eigenvalue weighted by Gasteiger charge is -2.38. The first-order valence-electron chi connectivity index (χ1n) is 10.1. The summed E-state index contributed by atoms with van der Waals surface area (Å²) in [6.45, 7) is 8.43. The smallest absolute Gasteiger partial charge is 0.225 e. The van der Waals surface area contributed by atoms with Gasteiger partial charge in [0.1, 0.15) is 0 Å². The van der Waals surface area contributed by atoms with Crippen molar-refractivity contribution in [1.29, 1.82) is 0 Å². The van der Waals surface area contributed by atoms with E-state index < -0.39 is 5.41 Å². The van der Waals surface area contributed by atoms with Gasteiger partial charge < -0.3 is 5.32 Å². The maximum atomic E-state index is 12.8. The van der Waals surface area contributed by atoms with Crippen molar-refractivity contribution in [2.45, 2.75) is 46.2 Å². The predicted octanol–water partition coefficient (Wildman–Crippen LogP) is 5.50. The molecule has 0 aliphatic carbocycles. The Hall–Kier alpha value is -1.62. The molecule has 1 N–H and O–H groups in total. The Morgan fingerprint density at radius 2 is 2.03 bits per heavy atom. The molecule has 3 rings (SSSR count). The minimum absolute atomic E-state index is 0.0446. The first kappa shape index (κ1) is 22.1. The largest absolute Gasteiger partial charge is 0.347 e. The van der Waals surface area contributed by atoms with E-state index in [-0.39, 0.29) is 17.9 Å². The number of carbonyl (C=O) groups is 1. The molecule has 1 aromatic carbocycles. The molecule has 29 heavy (non-hydrogen) atoms. The standard InChI is InChI=1S/C23H29Cl2N3O/c1-23(2,3)22(29)27-21(19-11-4-5-12-26-19)17-9-7-13-28(15-17)14-16-8-6-10-18(24)20(16)25/h4-6,8,10-12,17,21H,7,9,13-15H2,1-3H3,(H,27,29)/t17-,21-/m0/s1. The lowest BCUT2D eigenvalue weighted by Crippen LogP contribution is -2.45. The molecule has 156 valence electrons. The third-order valence-electron chi connectivity index (χ3n) is 5.41. The highest BCUT2D eigenvalue weighted by Gasteiger charge is 2.33. The van der Waals surface area contributed by atoms with Crippen LogP contribution in [0.4, 0.5) is 0 Å². The molecule has 4 nitrogen and oxygen atoms in total. The molecule has 6 heteroatoms. The predicted molar refractivity (Wildman–Crippen MR) is 119 cm³/mol. The number of carbonyl (C=O) groups excluding carboxylic acids is 1. The van der Waals surface area contributed by atoms with Gasteiger partial charge in [0.05, 0.1) is 21.8 Å². The van der Waals surface area contributed by atoms with Gasteiger partial charge in [0, 0.05) is 24.7 Å². The highest BCUT2D eigenvalue weighted by Crippen LogP contribution is 2.32. The van der Waals surface area contributed by atoms with Crippen molar-refractivity contribution in [2.24, 2.45) is 11.3 Å². The second-order valence-electron chi connectivity index (χ2n) is 8.81. The molecule has 0 saturated carbocycles. The fraction of sp³-hybridized carbons (Fsp3) is 0.478. The molecule has 1 fully saturated rings. The van der Waals surface area contributed by atoms with Gasteiger partial charge in [0.15, 0.2) is 0 Å². The van der Waals surface area contributed by atoms with Crippen LogP contribution in [0.15, 0.2) is 42.6 Å². The van der Waals surface area contributed by atoms with Crippen LogP contribution < -0.4 is 5.32 Å². The third kappa shape index (κ3) is 5.71. The fourth-order valence-electron chi connectivity index (χ4n) is 3.77. The molecular weight excluding hydrogens is 405 g/mol. The van der Waals surface area contributed by atoms with E-state index in [1.165, 1.54) is 0 Å². The van der Waals surface area contributed by atoms with Gasteiger partial charge in [-0.15, -0.1) is 0 Å². The number of amides is 1. The van der Waals surface area contributed by atoms with Gasteiger partial charge in [-0.25, -0.2) is 0 Å². The fourth-order valence-corrected chi connectivity index (χ4v) is 4.15. The summed E-state index contributed by atoms with van der Waals surface area (Å²) >= 11 is 12.6. The van der Waals surface area contributed by atoms with Gasteiger partial charge in [-0.2, -0.15) is 0 Å². The van der Waals surface area contributed by atoms with E-state index in [2.05, 4.69) is 15.2 Å². The van der Waals surface area contributed by atoms with Gasteiger partial charge in [0.25, 0.3) is 0 Å². The van der Waals surface area contributed by atoms with Crippen molar-refractivity contribution in [2.75, 3.05) is 13.1 Å². The number of rotatable bonds is 5. The van der Waals surface area contributed by atoms with Gasteiger partial charge in [-0.1, -0.05) is 62.2 Å². The van der Waals surface area contributed by atoms with E-state index in [1.54, 1.807) is 6.20 Å². The van der Waals surface area contributed by atoms with E-state index in [9.17, 15) is 4.79 Å². The first-order chi connectivity index (χ1) is 13.8. The Morgan fingerprint density at radius 3 is 2.72 bits per heavy atom. The van der Waals surface area contributed by atoms with E-state index in [1.807, 2.05) is 57.2 Å². The third-order valence-corrected chi connectivity index (χ3v) is 6.27. The summed E-state index contributed by atoms with van der Waals surface area (Å²) in [4.78, 5) is 19.7. The molecule has 2 atom stereocenters. The van der Waals surface area contributed by atoms with Crippen molar-refractivity contribution in [3.05, 3.63) is 63.9 Å². The van der Waals surface area contributed by atoms with Crippen molar-refractivity contribution in [3.8, 4) is 0 Å². The normalized spacial score (nSPS) is 19.0. The number of nitrogens with zero attached hydrogens (tertiary/aromatic N) is 2. The van der Waals surface area contributed by atoms with Crippen LogP contribution in [0.3, 0.4) is 0 Å². The molecule has 0 bridgehead atoms. The van der Waals surface area contributed by atoms with Crippen LogP contribution in [0.1, 0.15) is 50.9 Å². The van der Waals surface area contributed by atoms with Crippen molar-refractivity contribution >= 4 is 29.1 Å². The molecule has 1 aromatic heterocycles. The molecule has 1 aliphatic rings. The molecule has 0 unspecified atom stereocenters. The number of piperidine rings is 1. The Labute approximate surface area is 183 Å². The van der Waals surface area contributed by atoms with Crippen LogP contribution in [0, 0.1) is 11.3 Å². The minimum Gasteiger partial charge on any atom is -0.347 e. The summed E-state index contributed by atoms with van der Waals surface area (Å²) in [7, 11) is 0. The van der Waals surface area contributed by atoms with Crippen molar-refractivity contribution < 1.29 is 4.79 Å². The first-order valence-corrected chi connectivity index (χ1v) is 10.9. The Balaban J connectivity index is 1.78. The highest BCUT2D eigenvalue weighted by molar-refractivity contribution is 6.42. The number of hydrogen-bond acceptors (Lipinski definition) is 3.